The van der Waals surface area contributed by atoms with Gasteiger partial charge in [0.25, 0.3) is 0 Å². The van der Waals surface area contributed by atoms with Gasteiger partial charge in [0.1, 0.15) is 11.8 Å². The Balaban J connectivity index is 1.95. The highest BCUT2D eigenvalue weighted by atomic mass is 16.5. The van der Waals surface area contributed by atoms with Crippen molar-refractivity contribution >= 4 is 23.7 Å². The van der Waals surface area contributed by atoms with Crippen LogP contribution in [0.5, 0.6) is 0 Å². The van der Waals surface area contributed by atoms with E-state index in [9.17, 15) is 19.2 Å². The summed E-state index contributed by atoms with van der Waals surface area (Å²) in [5.74, 6) is -0.916. The van der Waals surface area contributed by atoms with Gasteiger partial charge in [0.15, 0.2) is 0 Å². The largest absolute Gasteiger partial charge is 0.464 e. The van der Waals surface area contributed by atoms with E-state index in [1.165, 1.54) is 6.08 Å². The van der Waals surface area contributed by atoms with Gasteiger partial charge in [0, 0.05) is 12.8 Å². The number of hydrogen-bond acceptors (Lipinski definition) is 6. The van der Waals surface area contributed by atoms with E-state index in [0.29, 0.717) is 26.0 Å². The molecule has 0 unspecified atom stereocenters. The molecule has 0 bridgehead atoms. The van der Waals surface area contributed by atoms with Gasteiger partial charge in [-0.05, 0) is 12.8 Å². The third-order valence-corrected chi connectivity index (χ3v) is 3.92. The molecule has 0 aromatic carbocycles. The second kappa shape index (κ2) is 12.4. The number of unbranched alkanes of at least 4 members (excludes halogenated alkanes) is 6. The van der Waals surface area contributed by atoms with Gasteiger partial charge in [-0.1, -0.05) is 32.1 Å². The number of amides is 1. The number of ketones is 1. The molecular weight excluding hydrogens is 312 g/mol. The van der Waals surface area contributed by atoms with Crippen molar-refractivity contribution in [1.82, 2.24) is 5.32 Å². The summed E-state index contributed by atoms with van der Waals surface area (Å²) in [5.41, 5.74) is 0. The van der Waals surface area contributed by atoms with Crippen LogP contribution in [0.15, 0.2) is 4.99 Å². The predicted molar refractivity (Wildman–Crippen MR) is 87.1 cm³/mol. The molecule has 0 aromatic rings. The lowest BCUT2D eigenvalue weighted by Gasteiger charge is -2.08. The topological polar surface area (TPSA) is 102 Å². The molecule has 1 amide bonds. The Morgan fingerprint density at radius 2 is 1.79 bits per heavy atom. The van der Waals surface area contributed by atoms with E-state index in [-0.39, 0.29) is 12.2 Å². The summed E-state index contributed by atoms with van der Waals surface area (Å²) >= 11 is 0. The highest BCUT2D eigenvalue weighted by molar-refractivity contribution is 5.99. The van der Waals surface area contributed by atoms with Gasteiger partial charge < -0.3 is 10.1 Å². The number of nitrogens with one attached hydrogen (secondary N) is 1. The standard InChI is InChI=1S/C17H26N2O5/c20-13-18-10-7-5-3-1-2-4-6-8-14(21)12-16(22)19-15-9-11-24-17(15)23/h15H,1-12H2,(H,19,22)/t15-/m0/s1. The number of hydrogen-bond donors (Lipinski definition) is 1. The molecule has 1 N–H and O–H groups in total. The van der Waals surface area contributed by atoms with Gasteiger partial charge >= 0.3 is 5.97 Å². The molecule has 24 heavy (non-hydrogen) atoms. The van der Waals surface area contributed by atoms with Gasteiger partial charge in [-0.25, -0.2) is 14.6 Å². The Bertz CT molecular complexity index is 472. The molecule has 1 fully saturated rings. The fourth-order valence-corrected chi connectivity index (χ4v) is 2.58. The summed E-state index contributed by atoms with van der Waals surface area (Å²) in [6.45, 7) is 0.876. The van der Waals surface area contributed by atoms with Crippen LogP contribution in [-0.2, 0) is 23.9 Å². The van der Waals surface area contributed by atoms with Crippen LogP contribution in [0.25, 0.3) is 0 Å². The van der Waals surface area contributed by atoms with Gasteiger partial charge in [-0.15, -0.1) is 0 Å². The number of esters is 1. The number of Topliss-reactive ketones (excluding diaryl/α,β-unsaturated/α-hetero) is 1. The normalized spacial score (nSPS) is 16.3. The number of nitrogens with zero attached hydrogens (tertiary/aromatic N) is 1. The van der Waals surface area contributed by atoms with Gasteiger partial charge in [0.05, 0.1) is 19.6 Å². The van der Waals surface area contributed by atoms with Crippen LogP contribution in [-0.4, -0.2) is 42.9 Å². The predicted octanol–water partition coefficient (Wildman–Crippen LogP) is 1.83. The number of isocyanates is 1. The van der Waals surface area contributed by atoms with Crippen LogP contribution < -0.4 is 5.32 Å². The van der Waals surface area contributed by atoms with Crippen LogP contribution in [0.3, 0.4) is 0 Å². The maximum absolute atomic E-state index is 11.7. The molecule has 0 aromatic heterocycles. The fraction of sp³-hybridized carbons (Fsp3) is 0.765. The quantitative estimate of drug-likeness (QED) is 0.181. The molecule has 0 radical (unpaired) electrons. The maximum atomic E-state index is 11.7. The first-order valence-corrected chi connectivity index (χ1v) is 8.65. The minimum Gasteiger partial charge on any atom is -0.464 e. The fourth-order valence-electron chi connectivity index (χ4n) is 2.58. The van der Waals surface area contributed by atoms with E-state index in [2.05, 4.69) is 10.3 Å². The summed E-state index contributed by atoms with van der Waals surface area (Å²) in [5, 5.41) is 2.53. The first kappa shape index (κ1) is 20.0. The molecule has 1 rings (SSSR count). The summed E-state index contributed by atoms with van der Waals surface area (Å²) in [6.07, 6.45) is 9.21. The van der Waals surface area contributed by atoms with E-state index < -0.39 is 17.9 Å². The number of rotatable bonds is 13. The number of carbonyl (C=O) groups excluding carboxylic acids is 4. The first-order valence-electron chi connectivity index (χ1n) is 8.65. The van der Waals surface area contributed by atoms with Crippen molar-refractivity contribution in [3.63, 3.8) is 0 Å². The van der Waals surface area contributed by atoms with Crippen LogP contribution in [0.1, 0.15) is 64.2 Å². The highest BCUT2D eigenvalue weighted by Crippen LogP contribution is 2.10. The molecular formula is C17H26N2O5. The monoisotopic (exact) mass is 338 g/mol. The van der Waals surface area contributed by atoms with Crippen molar-refractivity contribution in [3.05, 3.63) is 0 Å². The summed E-state index contributed by atoms with van der Waals surface area (Å²) in [7, 11) is 0. The lowest BCUT2D eigenvalue weighted by Crippen LogP contribution is -2.38. The lowest BCUT2D eigenvalue weighted by atomic mass is 10.1. The van der Waals surface area contributed by atoms with E-state index in [4.69, 9.17) is 4.74 Å². The third kappa shape index (κ3) is 9.20. The smallest absolute Gasteiger partial charge is 0.328 e. The molecule has 1 heterocycles. The van der Waals surface area contributed by atoms with Gasteiger partial charge in [0.2, 0.25) is 12.0 Å². The van der Waals surface area contributed by atoms with Crippen molar-refractivity contribution < 1.29 is 23.9 Å². The van der Waals surface area contributed by atoms with Crippen LogP contribution in [0.2, 0.25) is 0 Å². The zero-order valence-corrected chi connectivity index (χ0v) is 14.1. The Kier molecular flexibility index (Phi) is 10.4. The van der Waals surface area contributed by atoms with Gasteiger partial charge in [-0.2, -0.15) is 0 Å². The van der Waals surface area contributed by atoms with E-state index in [1.54, 1.807) is 0 Å². The number of aliphatic imine (C=N–C) groups is 1. The molecule has 0 aliphatic carbocycles. The molecule has 7 nitrogen and oxygen atoms in total. The van der Waals surface area contributed by atoms with Crippen LogP contribution in [0.4, 0.5) is 0 Å². The Morgan fingerprint density at radius 3 is 2.42 bits per heavy atom. The number of carbonyl (C=O) groups is 3. The summed E-state index contributed by atoms with van der Waals surface area (Å²) in [6, 6.07) is -0.595. The molecule has 7 heteroatoms. The molecule has 1 saturated heterocycles. The highest BCUT2D eigenvalue weighted by Gasteiger charge is 2.28. The van der Waals surface area contributed by atoms with Crippen LogP contribution >= 0.6 is 0 Å². The summed E-state index contributed by atoms with van der Waals surface area (Å²) in [4.78, 5) is 48.0. The van der Waals surface area contributed by atoms with Crippen molar-refractivity contribution in [2.45, 2.75) is 70.3 Å². The van der Waals surface area contributed by atoms with Gasteiger partial charge in [-0.3, -0.25) is 9.59 Å². The summed E-state index contributed by atoms with van der Waals surface area (Å²) < 4.78 is 4.75. The Hall–Kier alpha value is -2.01. The van der Waals surface area contributed by atoms with Crippen molar-refractivity contribution in [2.24, 2.45) is 4.99 Å². The second-order valence-electron chi connectivity index (χ2n) is 5.99. The minimum atomic E-state index is -0.595. The SMILES string of the molecule is O=C=NCCCCCCCCCC(=O)CC(=O)N[C@H]1CCOC1=O. The Morgan fingerprint density at radius 1 is 1.12 bits per heavy atom. The first-order chi connectivity index (χ1) is 11.6. The van der Waals surface area contributed by atoms with E-state index >= 15 is 0 Å². The zero-order chi connectivity index (χ0) is 17.6. The maximum Gasteiger partial charge on any atom is 0.328 e. The van der Waals surface area contributed by atoms with Crippen LogP contribution in [0, 0.1) is 0 Å². The third-order valence-electron chi connectivity index (χ3n) is 3.92. The average Bonchev–Trinajstić information content (AvgIpc) is 2.94. The van der Waals surface area contributed by atoms with Crippen molar-refractivity contribution in [1.29, 1.82) is 0 Å². The lowest BCUT2D eigenvalue weighted by molar-refractivity contribution is -0.142. The number of ether oxygens (including phenoxy) is 1. The van der Waals surface area contributed by atoms with E-state index in [0.717, 1.165) is 44.9 Å². The second-order valence-corrected chi connectivity index (χ2v) is 5.99. The number of cyclic esters (lactones) is 1. The molecule has 1 aliphatic rings. The molecule has 0 spiro atoms. The van der Waals surface area contributed by atoms with Crippen molar-refractivity contribution in [2.75, 3.05) is 13.2 Å². The van der Waals surface area contributed by atoms with E-state index in [1.807, 2.05) is 0 Å². The molecule has 1 aliphatic heterocycles. The molecule has 134 valence electrons. The Labute approximate surface area is 142 Å². The zero-order valence-electron chi connectivity index (χ0n) is 14.1. The van der Waals surface area contributed by atoms with Crippen molar-refractivity contribution in [3.8, 4) is 0 Å². The average molecular weight is 338 g/mol. The molecule has 1 atom stereocenters. The minimum absolute atomic E-state index is 0.0920. The molecule has 0 saturated carbocycles.